The van der Waals surface area contributed by atoms with Crippen LogP contribution >= 0.6 is 0 Å². The first-order valence-corrected chi connectivity index (χ1v) is 2.76. The summed E-state index contributed by atoms with van der Waals surface area (Å²) >= 11 is 0. The van der Waals surface area contributed by atoms with E-state index in [0.717, 1.165) is 12.1 Å². The maximum Gasteiger partial charge on any atom is 0.117 e. The van der Waals surface area contributed by atoms with Crippen molar-refractivity contribution in [2.45, 2.75) is 27.2 Å². The second-order valence-corrected chi connectivity index (χ2v) is 1.79. The average Bonchev–Trinajstić information content (AvgIpc) is 1.65. The third-order valence-corrected chi connectivity index (χ3v) is 0.870. The monoisotopic (exact) mass is 112 g/mol. The van der Waals surface area contributed by atoms with Gasteiger partial charge >= 0.3 is 0 Å². The Kier molecular flexibility index (Phi) is 3.08. The van der Waals surface area contributed by atoms with E-state index in [-0.39, 0.29) is 0 Å². The highest BCUT2D eigenvalue weighted by molar-refractivity contribution is 5.94. The van der Waals surface area contributed by atoms with Gasteiger partial charge in [-0.25, -0.2) is 4.99 Å². The number of rotatable bonds is 1. The molecule has 0 aromatic carbocycles. The molecular formula is C6H12N2. The molecule has 0 aromatic rings. The van der Waals surface area contributed by atoms with Gasteiger partial charge in [-0.05, 0) is 20.3 Å². The van der Waals surface area contributed by atoms with E-state index in [9.17, 15) is 0 Å². The van der Waals surface area contributed by atoms with Crippen molar-refractivity contribution in [1.82, 2.24) is 0 Å². The molecule has 0 aromatic heterocycles. The first-order valence-electron chi connectivity index (χ1n) is 2.76. The van der Waals surface area contributed by atoms with Crippen LogP contribution in [0.15, 0.2) is 4.99 Å². The zero-order chi connectivity index (χ0) is 6.57. The molecule has 0 saturated heterocycles. The van der Waals surface area contributed by atoms with Crippen LogP contribution in [0.1, 0.15) is 27.2 Å². The molecule has 0 heterocycles. The summed E-state index contributed by atoms with van der Waals surface area (Å²) in [5.41, 5.74) is 1.03. The third-order valence-electron chi connectivity index (χ3n) is 0.870. The van der Waals surface area contributed by atoms with Gasteiger partial charge in [0.2, 0.25) is 0 Å². The van der Waals surface area contributed by atoms with E-state index < -0.39 is 0 Å². The molecule has 8 heavy (non-hydrogen) atoms. The molecule has 2 nitrogen and oxygen atoms in total. The molecular weight excluding hydrogens is 100 g/mol. The Hall–Kier alpha value is -0.660. The zero-order valence-electron chi connectivity index (χ0n) is 5.65. The largest absolute Gasteiger partial charge is 0.287 e. The van der Waals surface area contributed by atoms with Crippen molar-refractivity contribution in [2.75, 3.05) is 0 Å². The van der Waals surface area contributed by atoms with Crippen LogP contribution in [-0.4, -0.2) is 11.5 Å². The van der Waals surface area contributed by atoms with Crippen LogP contribution in [0.2, 0.25) is 0 Å². The highest BCUT2D eigenvalue weighted by Crippen LogP contribution is 1.83. The van der Waals surface area contributed by atoms with E-state index in [1.165, 1.54) is 0 Å². The number of nitrogens with zero attached hydrogens (tertiary/aromatic N) is 1. The number of hydrogen-bond donors (Lipinski definition) is 1. The van der Waals surface area contributed by atoms with Gasteiger partial charge in [-0.15, -0.1) is 0 Å². The summed E-state index contributed by atoms with van der Waals surface area (Å²) in [5, 5.41) is 6.94. The van der Waals surface area contributed by atoms with E-state index in [4.69, 9.17) is 5.41 Å². The summed E-state index contributed by atoms with van der Waals surface area (Å²) in [5.74, 6) is 0.393. The Morgan fingerprint density at radius 1 is 1.50 bits per heavy atom. The average molecular weight is 112 g/mol. The van der Waals surface area contributed by atoms with Crippen molar-refractivity contribution in [2.24, 2.45) is 4.99 Å². The minimum atomic E-state index is 0.393. The Balaban J connectivity index is 3.75. The van der Waals surface area contributed by atoms with Gasteiger partial charge in [0.25, 0.3) is 0 Å². The Bertz CT molecular complexity index is 114. The molecule has 0 amide bonds. The quantitative estimate of drug-likeness (QED) is 0.397. The maximum atomic E-state index is 6.94. The molecule has 46 valence electrons. The van der Waals surface area contributed by atoms with Crippen molar-refractivity contribution in [3.8, 4) is 0 Å². The molecule has 2 heteroatoms. The lowest BCUT2D eigenvalue weighted by molar-refractivity contribution is 1.25. The van der Waals surface area contributed by atoms with Crippen LogP contribution in [-0.2, 0) is 0 Å². The Morgan fingerprint density at radius 2 is 2.00 bits per heavy atom. The molecule has 0 spiro atoms. The molecule has 0 aliphatic carbocycles. The molecule has 0 aliphatic rings. The second kappa shape index (κ2) is 3.36. The molecule has 0 fully saturated rings. The SMILES string of the molecule is CC/C(C)=N\C(C)=N. The molecule has 0 rings (SSSR count). The minimum absolute atomic E-state index is 0.393. The molecule has 1 N–H and O–H groups in total. The highest BCUT2D eigenvalue weighted by Gasteiger charge is 1.83. The number of amidine groups is 1. The van der Waals surface area contributed by atoms with Crippen LogP contribution in [0.25, 0.3) is 0 Å². The lowest BCUT2D eigenvalue weighted by Crippen LogP contribution is -1.91. The zero-order valence-corrected chi connectivity index (χ0v) is 5.65. The fraction of sp³-hybridized carbons (Fsp3) is 0.667. The van der Waals surface area contributed by atoms with Crippen molar-refractivity contribution in [1.29, 1.82) is 5.41 Å². The van der Waals surface area contributed by atoms with Crippen molar-refractivity contribution in [3.63, 3.8) is 0 Å². The van der Waals surface area contributed by atoms with Gasteiger partial charge in [0.05, 0.1) is 0 Å². The summed E-state index contributed by atoms with van der Waals surface area (Å²) in [7, 11) is 0. The molecule has 0 radical (unpaired) electrons. The van der Waals surface area contributed by atoms with Crippen molar-refractivity contribution in [3.05, 3.63) is 0 Å². The highest BCUT2D eigenvalue weighted by atomic mass is 14.8. The van der Waals surface area contributed by atoms with Gasteiger partial charge in [-0.3, -0.25) is 5.41 Å². The number of hydrogen-bond acceptors (Lipinski definition) is 1. The summed E-state index contributed by atoms with van der Waals surface area (Å²) < 4.78 is 0. The lowest BCUT2D eigenvalue weighted by atomic mass is 10.3. The van der Waals surface area contributed by atoms with E-state index in [1.54, 1.807) is 6.92 Å². The van der Waals surface area contributed by atoms with Crippen LogP contribution in [0, 0.1) is 5.41 Å². The third kappa shape index (κ3) is 3.53. The lowest BCUT2D eigenvalue weighted by Gasteiger charge is -1.89. The van der Waals surface area contributed by atoms with Gasteiger partial charge in [-0.2, -0.15) is 0 Å². The molecule has 0 atom stereocenters. The Morgan fingerprint density at radius 3 is 2.12 bits per heavy atom. The predicted molar refractivity (Wildman–Crippen MR) is 36.8 cm³/mol. The normalized spacial score (nSPS) is 11.6. The van der Waals surface area contributed by atoms with Gasteiger partial charge < -0.3 is 0 Å². The molecule has 0 aliphatic heterocycles. The van der Waals surface area contributed by atoms with Crippen LogP contribution in [0.3, 0.4) is 0 Å². The van der Waals surface area contributed by atoms with E-state index in [2.05, 4.69) is 4.99 Å². The van der Waals surface area contributed by atoms with Crippen molar-refractivity contribution < 1.29 is 0 Å². The van der Waals surface area contributed by atoms with Crippen molar-refractivity contribution >= 4 is 11.5 Å². The topological polar surface area (TPSA) is 36.2 Å². The summed E-state index contributed by atoms with van der Waals surface area (Å²) in [6.07, 6.45) is 0.941. The summed E-state index contributed by atoms with van der Waals surface area (Å²) in [6.45, 7) is 5.64. The predicted octanol–water partition coefficient (Wildman–Crippen LogP) is 1.85. The standard InChI is InChI=1S/C6H12N2/c1-4-5(2)8-6(3)7/h7H,4H2,1-3H3/b7-6?,8-5-. The number of aliphatic imine (C=N–C) groups is 1. The molecule has 0 saturated carbocycles. The first kappa shape index (κ1) is 7.34. The van der Waals surface area contributed by atoms with Crippen LogP contribution < -0.4 is 0 Å². The smallest absolute Gasteiger partial charge is 0.117 e. The second-order valence-electron chi connectivity index (χ2n) is 1.79. The fourth-order valence-electron chi connectivity index (χ4n) is 0.365. The van der Waals surface area contributed by atoms with Gasteiger partial charge in [0.15, 0.2) is 0 Å². The fourth-order valence-corrected chi connectivity index (χ4v) is 0.365. The summed E-state index contributed by atoms with van der Waals surface area (Å²) in [6, 6.07) is 0. The van der Waals surface area contributed by atoms with Crippen LogP contribution in [0.5, 0.6) is 0 Å². The maximum absolute atomic E-state index is 6.94. The van der Waals surface area contributed by atoms with Gasteiger partial charge in [0.1, 0.15) is 5.84 Å². The van der Waals surface area contributed by atoms with Crippen LogP contribution in [0.4, 0.5) is 0 Å². The number of nitrogens with one attached hydrogen (secondary N) is 1. The minimum Gasteiger partial charge on any atom is -0.287 e. The first-order chi connectivity index (χ1) is 3.66. The van der Waals surface area contributed by atoms with E-state index in [0.29, 0.717) is 5.84 Å². The summed E-state index contributed by atoms with van der Waals surface area (Å²) in [4.78, 5) is 3.90. The molecule has 0 unspecified atom stereocenters. The Labute approximate surface area is 50.1 Å². The van der Waals surface area contributed by atoms with E-state index >= 15 is 0 Å². The molecule has 0 bridgehead atoms. The van der Waals surface area contributed by atoms with E-state index in [1.807, 2.05) is 13.8 Å². The van der Waals surface area contributed by atoms with Gasteiger partial charge in [-0.1, -0.05) is 6.92 Å². The van der Waals surface area contributed by atoms with Gasteiger partial charge in [0, 0.05) is 5.71 Å².